The van der Waals surface area contributed by atoms with E-state index < -0.39 is 17.5 Å². The minimum Gasteiger partial charge on any atom is -0.497 e. The van der Waals surface area contributed by atoms with Gasteiger partial charge in [0.05, 0.1) is 12.8 Å². The number of aryl methyl sites for hydroxylation is 2. The lowest BCUT2D eigenvalue weighted by molar-refractivity contribution is 0.411. The van der Waals surface area contributed by atoms with Gasteiger partial charge in [-0.05, 0) is 116 Å². The second-order valence-corrected chi connectivity index (χ2v) is 11.2. The van der Waals surface area contributed by atoms with Gasteiger partial charge in [0.2, 0.25) is 11.8 Å². The van der Waals surface area contributed by atoms with Crippen LogP contribution in [0, 0.1) is 31.3 Å². The zero-order valence-electron chi connectivity index (χ0n) is 25.5. The minimum absolute atomic E-state index is 0.00549. The van der Waals surface area contributed by atoms with Crippen molar-refractivity contribution in [1.82, 2.24) is 4.98 Å². The Balaban J connectivity index is 1.52. The Hall–Kier alpha value is -5.32. The smallest absolute Gasteiger partial charge is 0.242 e. The van der Waals surface area contributed by atoms with Crippen LogP contribution >= 0.6 is 23.2 Å². The molecule has 48 heavy (non-hydrogen) atoms. The maximum absolute atomic E-state index is 13.8. The summed E-state index contributed by atoms with van der Waals surface area (Å²) in [5.41, 5.74) is 1.82. The predicted octanol–water partition coefficient (Wildman–Crippen LogP) is 10.3. The van der Waals surface area contributed by atoms with Crippen LogP contribution < -0.4 is 23.7 Å². The largest absolute Gasteiger partial charge is 0.497 e. The number of nitrogens with zero attached hydrogens (tertiary/aromatic N) is 1. The van der Waals surface area contributed by atoms with Crippen LogP contribution in [0.3, 0.4) is 0 Å². The molecule has 244 valence electrons. The first-order chi connectivity index (χ1) is 23.1. The van der Waals surface area contributed by atoms with E-state index in [2.05, 4.69) is 9.98 Å². The highest BCUT2D eigenvalue weighted by molar-refractivity contribution is 6.44. The van der Waals surface area contributed by atoms with E-state index in [-0.39, 0.29) is 56.2 Å². The number of nitrogens with one attached hydrogen (secondary N) is 1. The molecule has 0 saturated heterocycles. The van der Waals surface area contributed by atoms with E-state index in [1.807, 2.05) is 13.8 Å². The zero-order chi connectivity index (χ0) is 33.9. The molecule has 0 amide bonds. The lowest BCUT2D eigenvalue weighted by Gasteiger charge is -2.17. The van der Waals surface area contributed by atoms with Crippen molar-refractivity contribution in [3.63, 3.8) is 0 Å². The number of halogens is 5. The predicted molar refractivity (Wildman–Crippen MR) is 177 cm³/mol. The lowest BCUT2D eigenvalue weighted by atomic mass is 10.1. The molecule has 0 radical (unpaired) electrons. The van der Waals surface area contributed by atoms with Gasteiger partial charge in [-0.3, -0.25) is 0 Å². The van der Waals surface area contributed by atoms with Gasteiger partial charge in [0, 0.05) is 0 Å². The standard InChI is InChI=1S/C36H25Cl2F3N2O5/c1-19-16-27(44-3)17-20(2)32(19)48-33(29-18-28(37)35(42-29)46-25-12-6-22(40)7-13-25)31-34(45-24-10-4-21(39)5-11-24)30(38)36(43-31)47-26-14-8-23(41)9-15-26/h4-18,42H,1-3H3/b33-31+. The average molecular weight is 694 g/mol. The molecule has 5 aromatic rings. The van der Waals surface area contributed by atoms with Crippen molar-refractivity contribution >= 4 is 34.9 Å². The fourth-order valence-corrected chi connectivity index (χ4v) is 5.11. The summed E-state index contributed by atoms with van der Waals surface area (Å²) in [6, 6.07) is 21.1. The Kier molecular flexibility index (Phi) is 9.38. The van der Waals surface area contributed by atoms with Gasteiger partial charge in [0.1, 0.15) is 56.3 Å². The molecule has 4 aromatic carbocycles. The van der Waals surface area contributed by atoms with Crippen LogP contribution in [-0.2, 0) is 0 Å². The second-order valence-electron chi connectivity index (χ2n) is 10.5. The molecule has 2 heterocycles. The Morgan fingerprint density at radius 1 is 0.667 bits per heavy atom. The highest BCUT2D eigenvalue weighted by Gasteiger charge is 2.33. The van der Waals surface area contributed by atoms with Crippen LogP contribution in [0.5, 0.6) is 34.6 Å². The summed E-state index contributed by atoms with van der Waals surface area (Å²) >= 11 is 13.5. The summed E-state index contributed by atoms with van der Waals surface area (Å²) in [5.74, 6) is 0.686. The molecule has 0 bridgehead atoms. The summed E-state index contributed by atoms with van der Waals surface area (Å²) in [7, 11) is 1.56. The summed E-state index contributed by atoms with van der Waals surface area (Å²) in [4.78, 5) is 7.76. The van der Waals surface area contributed by atoms with Gasteiger partial charge in [-0.2, -0.15) is 0 Å². The van der Waals surface area contributed by atoms with Gasteiger partial charge in [-0.1, -0.05) is 23.2 Å². The summed E-state index contributed by atoms with van der Waals surface area (Å²) in [5, 5.41) is 0.114. The third-order valence-corrected chi connectivity index (χ3v) is 7.59. The first kappa shape index (κ1) is 32.6. The molecule has 0 unspecified atom stereocenters. The maximum Gasteiger partial charge on any atom is 0.242 e. The normalized spacial score (nSPS) is 13.7. The fourth-order valence-electron chi connectivity index (χ4n) is 4.70. The van der Waals surface area contributed by atoms with Gasteiger partial charge in [-0.15, -0.1) is 0 Å². The number of benzene rings is 4. The summed E-state index contributed by atoms with van der Waals surface area (Å²) in [6.45, 7) is 3.69. The third kappa shape index (κ3) is 7.15. The quantitative estimate of drug-likeness (QED) is 0.156. The number of H-pyrrole nitrogens is 1. The monoisotopic (exact) mass is 692 g/mol. The molecule has 0 atom stereocenters. The van der Waals surface area contributed by atoms with Crippen LogP contribution in [0.2, 0.25) is 5.02 Å². The number of aromatic amines is 1. The maximum atomic E-state index is 13.8. The Morgan fingerprint density at radius 2 is 1.17 bits per heavy atom. The summed E-state index contributed by atoms with van der Waals surface area (Å²) < 4.78 is 71.0. The molecule has 0 saturated carbocycles. The van der Waals surface area contributed by atoms with Crippen LogP contribution in [0.15, 0.2) is 112 Å². The molecule has 0 fully saturated rings. The van der Waals surface area contributed by atoms with Crippen molar-refractivity contribution < 1.29 is 36.9 Å². The average Bonchev–Trinajstić information content (AvgIpc) is 3.57. The molecule has 0 aliphatic carbocycles. The Bertz CT molecular complexity index is 2050. The number of hydrogen-bond acceptors (Lipinski definition) is 6. The minimum atomic E-state index is -0.467. The van der Waals surface area contributed by atoms with E-state index in [0.29, 0.717) is 17.2 Å². The molecule has 1 N–H and O–H groups in total. The van der Waals surface area contributed by atoms with Crippen molar-refractivity contribution in [1.29, 1.82) is 0 Å². The van der Waals surface area contributed by atoms with Crippen molar-refractivity contribution in [2.45, 2.75) is 13.8 Å². The van der Waals surface area contributed by atoms with Gasteiger partial charge in [0.15, 0.2) is 17.2 Å². The highest BCUT2D eigenvalue weighted by Crippen LogP contribution is 2.41. The highest BCUT2D eigenvalue weighted by atomic mass is 35.5. The molecule has 1 aliphatic rings. The second kappa shape index (κ2) is 13.8. The number of aliphatic imine (C=N–C) groups is 1. The van der Waals surface area contributed by atoms with E-state index in [0.717, 1.165) is 11.1 Å². The first-order valence-corrected chi connectivity index (χ1v) is 15.1. The molecule has 7 nitrogen and oxygen atoms in total. The Labute approximate surface area is 283 Å². The molecule has 0 spiro atoms. The first-order valence-electron chi connectivity index (χ1n) is 14.3. The van der Waals surface area contributed by atoms with E-state index in [4.69, 9.17) is 46.9 Å². The van der Waals surface area contributed by atoms with E-state index in [9.17, 15) is 13.2 Å². The molecule has 6 rings (SSSR count). The van der Waals surface area contributed by atoms with Crippen molar-refractivity contribution in [3.05, 3.63) is 147 Å². The molecule has 1 aromatic heterocycles. The van der Waals surface area contributed by atoms with Gasteiger partial charge >= 0.3 is 0 Å². The SMILES string of the molecule is COc1cc(C)c(O/C(=C2/N=C(Oc3ccc(F)cc3)C(Cl)=C2Oc2ccc(F)cc2)c2cc(Cl)c(Oc3ccc(F)cc3)[nH]2)c(C)c1. The molecule has 1 aliphatic heterocycles. The van der Waals surface area contributed by atoms with Crippen LogP contribution in [0.1, 0.15) is 16.8 Å². The van der Waals surface area contributed by atoms with Crippen LogP contribution in [-0.4, -0.2) is 18.0 Å². The van der Waals surface area contributed by atoms with Gasteiger partial charge in [0.25, 0.3) is 0 Å². The molecular weight excluding hydrogens is 668 g/mol. The number of rotatable bonds is 9. The lowest BCUT2D eigenvalue weighted by Crippen LogP contribution is -2.07. The summed E-state index contributed by atoms with van der Waals surface area (Å²) in [6.07, 6.45) is 0. The number of aromatic nitrogens is 1. The Morgan fingerprint density at radius 3 is 1.69 bits per heavy atom. The van der Waals surface area contributed by atoms with E-state index >= 15 is 0 Å². The molecule has 12 heteroatoms. The van der Waals surface area contributed by atoms with Gasteiger partial charge in [-0.25, -0.2) is 18.2 Å². The van der Waals surface area contributed by atoms with E-state index in [1.165, 1.54) is 72.8 Å². The number of methoxy groups -OCH3 is 1. The number of hydrogen-bond donors (Lipinski definition) is 1. The number of ether oxygens (including phenoxy) is 5. The van der Waals surface area contributed by atoms with Crippen molar-refractivity contribution in [2.24, 2.45) is 4.99 Å². The van der Waals surface area contributed by atoms with Crippen molar-refractivity contribution in [2.75, 3.05) is 7.11 Å². The van der Waals surface area contributed by atoms with Crippen LogP contribution in [0.25, 0.3) is 5.76 Å². The van der Waals surface area contributed by atoms with E-state index in [1.54, 1.807) is 25.3 Å². The van der Waals surface area contributed by atoms with Crippen LogP contribution in [0.4, 0.5) is 13.2 Å². The van der Waals surface area contributed by atoms with Crippen molar-refractivity contribution in [3.8, 4) is 34.6 Å². The molecular formula is C36H25Cl2F3N2O5. The van der Waals surface area contributed by atoms with Gasteiger partial charge < -0.3 is 28.7 Å². The third-order valence-electron chi connectivity index (χ3n) is 6.98. The fraction of sp³-hybridized carbons (Fsp3) is 0.0833. The topological polar surface area (TPSA) is 74.3 Å². The zero-order valence-corrected chi connectivity index (χ0v) is 27.1.